The van der Waals surface area contributed by atoms with Crippen molar-refractivity contribution in [3.8, 4) is 0 Å². The smallest absolute Gasteiger partial charge is 0.233 e. The Morgan fingerprint density at radius 3 is 3.10 bits per heavy atom. The van der Waals surface area contributed by atoms with Crippen LogP contribution in [0, 0.1) is 0 Å². The molecule has 0 unspecified atom stereocenters. The molecule has 1 N–H and O–H groups in total. The second-order valence-corrected chi connectivity index (χ2v) is 5.28. The van der Waals surface area contributed by atoms with Gasteiger partial charge < -0.3 is 10.2 Å². The highest BCUT2D eigenvalue weighted by atomic mass is 15.2. The van der Waals surface area contributed by atoms with Gasteiger partial charge in [-0.2, -0.15) is 0 Å². The minimum absolute atomic E-state index is 0.758. The van der Waals surface area contributed by atoms with E-state index in [1.165, 1.54) is 11.4 Å². The molecule has 3 heterocycles. The summed E-state index contributed by atoms with van der Waals surface area (Å²) in [6.45, 7) is 2.85. The lowest BCUT2D eigenvalue weighted by Gasteiger charge is -2.23. The number of aromatic nitrogens is 3. The lowest BCUT2D eigenvalue weighted by molar-refractivity contribution is 0.755. The SMILES string of the molecule is c1ccc2c(c1)NCCCN2Cc1cn2cccnc2n1. The summed E-state index contributed by atoms with van der Waals surface area (Å²) < 4.78 is 1.97. The standard InChI is InChI=1S/C16H17N5/c1-2-6-15-14(5-1)17-7-3-9-20(15)11-13-12-21-10-4-8-18-16(21)19-13/h1-2,4-6,8,10,12,17H,3,7,9,11H2. The van der Waals surface area contributed by atoms with Crippen molar-refractivity contribution in [2.24, 2.45) is 0 Å². The Morgan fingerprint density at radius 2 is 2.14 bits per heavy atom. The fraction of sp³-hybridized carbons (Fsp3) is 0.250. The monoisotopic (exact) mass is 279 g/mol. The molecule has 21 heavy (non-hydrogen) atoms. The predicted octanol–water partition coefficient (Wildman–Crippen LogP) is 2.55. The number of rotatable bonds is 2. The summed E-state index contributed by atoms with van der Waals surface area (Å²) in [6.07, 6.45) is 6.94. The molecule has 0 saturated heterocycles. The molecule has 106 valence electrons. The number of para-hydroxylation sites is 2. The van der Waals surface area contributed by atoms with Crippen LogP contribution in [0.5, 0.6) is 0 Å². The maximum atomic E-state index is 4.60. The number of imidazole rings is 1. The topological polar surface area (TPSA) is 45.5 Å². The fourth-order valence-corrected chi connectivity index (χ4v) is 2.83. The first kappa shape index (κ1) is 12.2. The van der Waals surface area contributed by atoms with Gasteiger partial charge in [0.05, 0.1) is 23.6 Å². The van der Waals surface area contributed by atoms with Gasteiger partial charge in [-0.15, -0.1) is 0 Å². The average molecular weight is 279 g/mol. The molecule has 1 aromatic carbocycles. The summed E-state index contributed by atoms with van der Waals surface area (Å²) in [4.78, 5) is 11.3. The van der Waals surface area contributed by atoms with Crippen LogP contribution in [0.1, 0.15) is 12.1 Å². The normalized spacial score (nSPS) is 14.6. The van der Waals surface area contributed by atoms with Crippen molar-refractivity contribution in [3.05, 3.63) is 54.6 Å². The highest BCUT2D eigenvalue weighted by molar-refractivity contribution is 5.70. The van der Waals surface area contributed by atoms with E-state index in [-0.39, 0.29) is 0 Å². The van der Waals surface area contributed by atoms with Crippen LogP contribution >= 0.6 is 0 Å². The van der Waals surface area contributed by atoms with E-state index < -0.39 is 0 Å². The van der Waals surface area contributed by atoms with Gasteiger partial charge in [0.25, 0.3) is 0 Å². The van der Waals surface area contributed by atoms with E-state index in [2.05, 4.69) is 50.6 Å². The summed E-state index contributed by atoms with van der Waals surface area (Å²) in [7, 11) is 0. The number of hydrogen-bond acceptors (Lipinski definition) is 4. The molecule has 0 radical (unpaired) electrons. The number of benzene rings is 1. The molecule has 0 spiro atoms. The maximum Gasteiger partial charge on any atom is 0.233 e. The number of anilines is 2. The van der Waals surface area contributed by atoms with Crippen molar-refractivity contribution in [3.63, 3.8) is 0 Å². The van der Waals surface area contributed by atoms with Crippen molar-refractivity contribution in [1.29, 1.82) is 0 Å². The Morgan fingerprint density at radius 1 is 1.19 bits per heavy atom. The van der Waals surface area contributed by atoms with Gasteiger partial charge in [0, 0.05) is 31.7 Å². The third kappa shape index (κ3) is 2.31. The molecule has 0 atom stereocenters. The molecule has 0 saturated carbocycles. The first-order valence-electron chi connectivity index (χ1n) is 7.26. The minimum Gasteiger partial charge on any atom is -0.383 e. The number of nitrogens with zero attached hydrogens (tertiary/aromatic N) is 4. The average Bonchev–Trinajstić information content (AvgIpc) is 2.82. The Hall–Kier alpha value is -2.56. The Kier molecular flexibility index (Phi) is 2.96. The van der Waals surface area contributed by atoms with Gasteiger partial charge in [-0.3, -0.25) is 4.40 Å². The van der Waals surface area contributed by atoms with Gasteiger partial charge in [0.15, 0.2) is 0 Å². The summed E-state index contributed by atoms with van der Waals surface area (Å²) in [6, 6.07) is 10.4. The van der Waals surface area contributed by atoms with Crippen LogP contribution in [0.25, 0.3) is 5.78 Å². The van der Waals surface area contributed by atoms with Crippen molar-refractivity contribution in [1.82, 2.24) is 14.4 Å². The van der Waals surface area contributed by atoms with Gasteiger partial charge in [0.1, 0.15) is 0 Å². The first-order valence-corrected chi connectivity index (χ1v) is 7.26. The van der Waals surface area contributed by atoms with Crippen molar-refractivity contribution in [2.75, 3.05) is 23.3 Å². The zero-order chi connectivity index (χ0) is 14.1. The highest BCUT2D eigenvalue weighted by Crippen LogP contribution is 2.29. The van der Waals surface area contributed by atoms with Crippen LogP contribution in [-0.4, -0.2) is 27.5 Å². The van der Waals surface area contributed by atoms with Crippen LogP contribution in [-0.2, 0) is 6.54 Å². The third-order valence-electron chi connectivity index (χ3n) is 3.80. The molecule has 5 nitrogen and oxygen atoms in total. The van der Waals surface area contributed by atoms with Gasteiger partial charge in [-0.1, -0.05) is 12.1 Å². The van der Waals surface area contributed by atoms with Crippen molar-refractivity contribution >= 4 is 17.2 Å². The summed E-state index contributed by atoms with van der Waals surface area (Å²) in [5, 5.41) is 3.49. The van der Waals surface area contributed by atoms with E-state index in [1.807, 2.05) is 16.7 Å². The minimum atomic E-state index is 0.758. The number of hydrogen-bond donors (Lipinski definition) is 1. The molecule has 0 aliphatic carbocycles. The van der Waals surface area contributed by atoms with Crippen LogP contribution in [0.15, 0.2) is 48.9 Å². The van der Waals surface area contributed by atoms with Gasteiger partial charge in [-0.25, -0.2) is 9.97 Å². The molecule has 1 aliphatic heterocycles. The number of fused-ring (bicyclic) bond motifs is 2. The van der Waals surface area contributed by atoms with Crippen molar-refractivity contribution < 1.29 is 0 Å². The maximum absolute atomic E-state index is 4.60. The summed E-state index contributed by atoms with van der Waals surface area (Å²) >= 11 is 0. The fourth-order valence-electron chi connectivity index (χ4n) is 2.83. The van der Waals surface area contributed by atoms with Crippen LogP contribution in [0.2, 0.25) is 0 Å². The molecule has 1 aliphatic rings. The van der Waals surface area contributed by atoms with Crippen LogP contribution in [0.3, 0.4) is 0 Å². The van der Waals surface area contributed by atoms with E-state index in [0.29, 0.717) is 0 Å². The Bertz CT molecular complexity index is 731. The largest absolute Gasteiger partial charge is 0.383 e. The second-order valence-electron chi connectivity index (χ2n) is 5.28. The molecule has 4 rings (SSSR count). The Balaban J connectivity index is 1.67. The lowest BCUT2D eigenvalue weighted by atomic mass is 10.2. The summed E-state index contributed by atoms with van der Waals surface area (Å²) in [5.74, 6) is 0.758. The quantitative estimate of drug-likeness (QED) is 0.783. The van der Waals surface area contributed by atoms with E-state index >= 15 is 0 Å². The zero-order valence-electron chi connectivity index (χ0n) is 11.7. The zero-order valence-corrected chi connectivity index (χ0v) is 11.7. The molecular weight excluding hydrogens is 262 g/mol. The van der Waals surface area contributed by atoms with Gasteiger partial charge in [0.2, 0.25) is 5.78 Å². The molecule has 5 heteroatoms. The van der Waals surface area contributed by atoms with Gasteiger partial charge in [-0.05, 0) is 24.6 Å². The van der Waals surface area contributed by atoms with E-state index in [4.69, 9.17) is 0 Å². The van der Waals surface area contributed by atoms with Crippen LogP contribution in [0.4, 0.5) is 11.4 Å². The Labute approximate surface area is 123 Å². The summed E-state index contributed by atoms with van der Waals surface area (Å²) in [5.41, 5.74) is 3.50. The van der Waals surface area contributed by atoms with Gasteiger partial charge >= 0.3 is 0 Å². The van der Waals surface area contributed by atoms with Crippen molar-refractivity contribution in [2.45, 2.75) is 13.0 Å². The molecule has 0 fully saturated rings. The van der Waals surface area contributed by atoms with E-state index in [9.17, 15) is 0 Å². The second kappa shape index (κ2) is 5.09. The molecule has 0 amide bonds. The predicted molar refractivity (Wildman–Crippen MR) is 83.6 cm³/mol. The first-order chi connectivity index (χ1) is 10.4. The highest BCUT2D eigenvalue weighted by Gasteiger charge is 2.16. The van der Waals surface area contributed by atoms with Crippen LogP contribution < -0.4 is 10.2 Å². The molecule has 0 bridgehead atoms. The van der Waals surface area contributed by atoms with E-state index in [1.54, 1.807) is 6.20 Å². The number of nitrogens with one attached hydrogen (secondary N) is 1. The molecular formula is C16H17N5. The lowest BCUT2D eigenvalue weighted by Crippen LogP contribution is -2.23. The molecule has 3 aromatic rings. The third-order valence-corrected chi connectivity index (χ3v) is 3.80. The molecule has 2 aromatic heterocycles. The van der Waals surface area contributed by atoms with E-state index in [0.717, 1.165) is 37.5 Å².